The van der Waals surface area contributed by atoms with Crippen LogP contribution in [0.5, 0.6) is 0 Å². The second kappa shape index (κ2) is 11.5. The van der Waals surface area contributed by atoms with E-state index >= 15 is 0 Å². The molecule has 7 nitrogen and oxygen atoms in total. The number of carboxylic acid groups (broad SMARTS) is 1. The van der Waals surface area contributed by atoms with Gasteiger partial charge in [-0.3, -0.25) is 14.8 Å². The number of rotatable bonds is 10. The molecule has 2 aliphatic rings. The maximum atomic E-state index is 12.5. The van der Waals surface area contributed by atoms with Crippen molar-refractivity contribution in [3.63, 3.8) is 0 Å². The summed E-state index contributed by atoms with van der Waals surface area (Å²) in [7, 11) is 0. The van der Waals surface area contributed by atoms with Gasteiger partial charge in [-0.25, -0.2) is 4.79 Å². The summed E-state index contributed by atoms with van der Waals surface area (Å²) >= 11 is 12.0. The van der Waals surface area contributed by atoms with E-state index in [1.807, 2.05) is 0 Å². The highest BCUT2D eigenvalue weighted by Crippen LogP contribution is 2.34. The Labute approximate surface area is 209 Å². The number of hydrogen-bond donors (Lipinski definition) is 2. The van der Waals surface area contributed by atoms with Crippen LogP contribution in [0.4, 0.5) is 0 Å². The van der Waals surface area contributed by atoms with Gasteiger partial charge in [-0.1, -0.05) is 29.3 Å². The fraction of sp³-hybridized carbons (Fsp3) is 0.520. The summed E-state index contributed by atoms with van der Waals surface area (Å²) in [4.78, 5) is 32.7. The highest BCUT2D eigenvalue weighted by atomic mass is 35.5. The van der Waals surface area contributed by atoms with E-state index in [4.69, 9.17) is 32.9 Å². The first-order valence-electron chi connectivity index (χ1n) is 11.8. The van der Waals surface area contributed by atoms with Crippen molar-refractivity contribution < 1.29 is 19.4 Å². The van der Waals surface area contributed by atoms with Crippen molar-refractivity contribution in [1.29, 1.82) is 0 Å². The lowest BCUT2D eigenvalue weighted by molar-refractivity contribution is -0.140. The smallest absolute Gasteiger partial charge is 0.326 e. The van der Waals surface area contributed by atoms with E-state index in [-0.39, 0.29) is 34.7 Å². The average Bonchev–Trinajstić information content (AvgIpc) is 2.78. The van der Waals surface area contributed by atoms with Gasteiger partial charge >= 0.3 is 5.97 Å². The first-order chi connectivity index (χ1) is 16.4. The number of carboxylic acids is 1. The van der Waals surface area contributed by atoms with Gasteiger partial charge in [0.1, 0.15) is 6.04 Å². The molecular formula is C25H29Cl2N3O4. The van der Waals surface area contributed by atoms with Gasteiger partial charge in [-0.2, -0.15) is 0 Å². The van der Waals surface area contributed by atoms with Gasteiger partial charge in [0, 0.05) is 36.8 Å². The molecule has 2 aromatic rings. The topological polar surface area (TPSA) is 101 Å². The van der Waals surface area contributed by atoms with E-state index in [1.165, 1.54) is 42.2 Å². The molecule has 1 atom stereocenters. The van der Waals surface area contributed by atoms with E-state index in [0.717, 1.165) is 38.5 Å². The molecule has 1 fully saturated rings. The van der Waals surface area contributed by atoms with Crippen molar-refractivity contribution >= 4 is 35.1 Å². The number of nitrogens with one attached hydrogen (secondary N) is 1. The number of aryl methyl sites for hydroxylation is 3. The van der Waals surface area contributed by atoms with Gasteiger partial charge in [0.25, 0.3) is 5.91 Å². The second-order valence-corrected chi connectivity index (χ2v) is 9.93. The number of carbonyl (C=O) groups is 2. The number of hydrogen-bond acceptors (Lipinski definition) is 5. The van der Waals surface area contributed by atoms with E-state index in [2.05, 4.69) is 22.4 Å². The molecule has 1 amide bonds. The number of pyridine rings is 2. The molecular weight excluding hydrogens is 477 g/mol. The van der Waals surface area contributed by atoms with Gasteiger partial charge in [0.2, 0.25) is 0 Å². The Kier molecular flexibility index (Phi) is 8.40. The molecule has 0 bridgehead atoms. The predicted molar refractivity (Wildman–Crippen MR) is 129 cm³/mol. The minimum Gasteiger partial charge on any atom is -0.480 e. The van der Waals surface area contributed by atoms with Crippen molar-refractivity contribution in [3.05, 3.63) is 57.1 Å². The Hall–Kier alpha value is -2.22. The molecule has 2 heterocycles. The summed E-state index contributed by atoms with van der Waals surface area (Å²) in [5, 5.41) is 12.1. The van der Waals surface area contributed by atoms with Crippen molar-refractivity contribution in [2.45, 2.75) is 69.9 Å². The fourth-order valence-corrected chi connectivity index (χ4v) is 5.17. The molecule has 0 spiro atoms. The Morgan fingerprint density at radius 1 is 1.15 bits per heavy atom. The Bertz CT molecular complexity index is 1020. The van der Waals surface area contributed by atoms with Gasteiger partial charge in [0.05, 0.1) is 21.7 Å². The summed E-state index contributed by atoms with van der Waals surface area (Å²) in [5.74, 6) is -1.18. The highest BCUT2D eigenvalue weighted by molar-refractivity contribution is 6.39. The molecule has 182 valence electrons. The quantitative estimate of drug-likeness (QED) is 0.486. The maximum Gasteiger partial charge on any atom is 0.326 e. The molecule has 2 aliphatic carbocycles. The molecule has 2 N–H and O–H groups in total. The van der Waals surface area contributed by atoms with Gasteiger partial charge < -0.3 is 15.2 Å². The summed E-state index contributed by atoms with van der Waals surface area (Å²) in [6.45, 7) is 0.249. The predicted octanol–water partition coefficient (Wildman–Crippen LogP) is 4.66. The summed E-state index contributed by atoms with van der Waals surface area (Å²) in [5.41, 5.74) is 3.89. The zero-order chi connectivity index (χ0) is 24.1. The lowest BCUT2D eigenvalue weighted by Crippen LogP contribution is -2.42. The summed E-state index contributed by atoms with van der Waals surface area (Å²) in [6.07, 6.45) is 11.6. The van der Waals surface area contributed by atoms with Crippen LogP contribution >= 0.6 is 23.2 Å². The van der Waals surface area contributed by atoms with Crippen LogP contribution in [-0.4, -0.2) is 45.7 Å². The number of aliphatic carboxylic acids is 1. The van der Waals surface area contributed by atoms with Crippen molar-refractivity contribution in [2.24, 2.45) is 5.92 Å². The van der Waals surface area contributed by atoms with E-state index in [9.17, 15) is 14.7 Å². The summed E-state index contributed by atoms with van der Waals surface area (Å²) in [6, 6.07) is 3.32. The zero-order valence-electron chi connectivity index (χ0n) is 18.9. The van der Waals surface area contributed by atoms with E-state index in [0.29, 0.717) is 5.92 Å². The molecule has 1 saturated carbocycles. The number of carbonyl (C=O) groups excluding carboxylic acids is 1. The lowest BCUT2D eigenvalue weighted by Gasteiger charge is -2.35. The Morgan fingerprint density at radius 2 is 1.88 bits per heavy atom. The molecule has 0 aromatic carbocycles. The Morgan fingerprint density at radius 3 is 2.62 bits per heavy atom. The third-order valence-corrected chi connectivity index (χ3v) is 7.25. The van der Waals surface area contributed by atoms with Crippen LogP contribution in [-0.2, 0) is 28.8 Å². The summed E-state index contributed by atoms with van der Waals surface area (Å²) < 4.78 is 5.86. The minimum atomic E-state index is -1.14. The van der Waals surface area contributed by atoms with E-state index < -0.39 is 17.9 Å². The number of nitrogens with zero attached hydrogens (tertiary/aromatic N) is 2. The standard InChI is InChI=1S/C25H29Cl2N3O4/c26-19-13-28-14-20(27)23(19)24(31)30-22(25(32)33)9-10-34-18-11-15(12-18)5-7-17-8-6-16-3-1-2-4-21(16)29-17/h6,8,13-15,18,22H,1-5,7,9-12H2,(H,30,31)(H,32,33). The molecule has 4 rings (SSSR count). The van der Waals surface area contributed by atoms with Crippen LogP contribution in [0.15, 0.2) is 24.5 Å². The lowest BCUT2D eigenvalue weighted by atomic mass is 9.79. The third kappa shape index (κ3) is 6.26. The van der Waals surface area contributed by atoms with Crippen molar-refractivity contribution in [3.8, 4) is 0 Å². The van der Waals surface area contributed by atoms with Gasteiger partial charge in [-0.15, -0.1) is 0 Å². The molecule has 9 heteroatoms. The number of aromatic nitrogens is 2. The minimum absolute atomic E-state index is 0.0146. The molecule has 0 radical (unpaired) electrons. The Balaban J connectivity index is 1.17. The van der Waals surface area contributed by atoms with Crippen LogP contribution in [0.2, 0.25) is 10.0 Å². The van der Waals surface area contributed by atoms with Crippen molar-refractivity contribution in [2.75, 3.05) is 6.61 Å². The maximum absolute atomic E-state index is 12.5. The number of ether oxygens (including phenoxy) is 1. The average molecular weight is 506 g/mol. The molecule has 1 unspecified atom stereocenters. The number of fused-ring (bicyclic) bond motifs is 1. The number of amides is 1. The van der Waals surface area contributed by atoms with Crippen LogP contribution in [0.25, 0.3) is 0 Å². The van der Waals surface area contributed by atoms with Crippen LogP contribution in [0.3, 0.4) is 0 Å². The molecule has 0 aliphatic heterocycles. The SMILES string of the molecule is O=C(NC(CCOC1CC(CCc2ccc3c(n2)CCCC3)C1)C(=O)O)c1c(Cl)cncc1Cl. The van der Waals surface area contributed by atoms with E-state index in [1.54, 1.807) is 0 Å². The largest absolute Gasteiger partial charge is 0.480 e. The third-order valence-electron chi connectivity index (χ3n) is 6.68. The van der Waals surface area contributed by atoms with Crippen LogP contribution < -0.4 is 5.32 Å². The normalized spacial score (nSPS) is 20.2. The first-order valence-corrected chi connectivity index (χ1v) is 12.6. The molecule has 0 saturated heterocycles. The van der Waals surface area contributed by atoms with Crippen LogP contribution in [0.1, 0.15) is 65.8 Å². The molecule has 34 heavy (non-hydrogen) atoms. The highest BCUT2D eigenvalue weighted by Gasteiger charge is 2.30. The second-order valence-electron chi connectivity index (χ2n) is 9.12. The molecule has 2 aromatic heterocycles. The first kappa shape index (κ1) is 24.9. The monoisotopic (exact) mass is 505 g/mol. The van der Waals surface area contributed by atoms with Gasteiger partial charge in [-0.05, 0) is 68.9 Å². The zero-order valence-corrected chi connectivity index (χ0v) is 20.4. The van der Waals surface area contributed by atoms with Crippen LogP contribution in [0, 0.1) is 5.92 Å². The fourth-order valence-electron chi connectivity index (χ4n) is 4.63. The van der Waals surface area contributed by atoms with Gasteiger partial charge in [0.15, 0.2) is 0 Å². The van der Waals surface area contributed by atoms with Crippen molar-refractivity contribution in [1.82, 2.24) is 15.3 Å². The number of halogens is 2.